The Morgan fingerprint density at radius 3 is 2.59 bits per heavy atom. The van der Waals surface area contributed by atoms with Gasteiger partial charge >= 0.3 is 6.18 Å². The number of halogens is 3. The highest BCUT2D eigenvalue weighted by atomic mass is 32.1. The lowest BCUT2D eigenvalue weighted by Gasteiger charge is -2.13. The minimum absolute atomic E-state index is 0.238. The van der Waals surface area contributed by atoms with E-state index in [2.05, 4.69) is 26.7 Å². The van der Waals surface area contributed by atoms with Gasteiger partial charge in [-0.2, -0.15) is 18.2 Å². The van der Waals surface area contributed by atoms with Gasteiger partial charge in [0.2, 0.25) is 5.95 Å². The topological polar surface area (TPSA) is 49.8 Å². The fraction of sp³-hybridized carbons (Fsp3) is 0.143. The molecule has 0 bridgehead atoms. The number of fused-ring (bicyclic) bond motifs is 1. The molecule has 0 radical (unpaired) electrons. The third-order valence-electron chi connectivity index (χ3n) is 4.29. The van der Waals surface area contributed by atoms with Crippen molar-refractivity contribution in [1.29, 1.82) is 0 Å². The molecule has 0 spiro atoms. The van der Waals surface area contributed by atoms with E-state index in [-0.39, 0.29) is 11.6 Å². The van der Waals surface area contributed by atoms with Crippen LogP contribution >= 0.6 is 11.3 Å². The maximum Gasteiger partial charge on any atom is 0.416 e. The summed E-state index contributed by atoms with van der Waals surface area (Å²) in [4.78, 5) is 10.2. The zero-order chi connectivity index (χ0) is 20.3. The molecule has 148 valence electrons. The molecule has 0 aliphatic heterocycles. The van der Waals surface area contributed by atoms with Crippen molar-refractivity contribution < 1.29 is 13.2 Å². The zero-order valence-corrected chi connectivity index (χ0v) is 16.0. The number of hydrogen-bond donors (Lipinski definition) is 2. The average Bonchev–Trinajstić information content (AvgIpc) is 3.21. The summed E-state index contributed by atoms with van der Waals surface area (Å²) in [5, 5.41) is 9.11. The minimum atomic E-state index is -4.41. The molecule has 4 rings (SSSR count). The molecule has 0 aliphatic rings. The molecule has 0 atom stereocenters. The molecule has 4 aromatic rings. The number of alkyl halides is 3. The Morgan fingerprint density at radius 2 is 1.79 bits per heavy atom. The van der Waals surface area contributed by atoms with Gasteiger partial charge in [-0.3, -0.25) is 0 Å². The second-order valence-electron chi connectivity index (χ2n) is 6.37. The number of anilines is 3. The number of para-hydroxylation sites is 1. The number of nitrogens with one attached hydrogen (secondary N) is 2. The summed E-state index contributed by atoms with van der Waals surface area (Å²) in [6.45, 7) is 0.685. The number of hydrogen-bond acceptors (Lipinski definition) is 5. The first kappa shape index (κ1) is 19.2. The lowest BCUT2D eigenvalue weighted by Crippen LogP contribution is -2.09. The summed E-state index contributed by atoms with van der Waals surface area (Å²) in [5.41, 5.74) is 0.257. The van der Waals surface area contributed by atoms with Crippen molar-refractivity contribution in [3.8, 4) is 0 Å². The summed E-state index contributed by atoms with van der Waals surface area (Å²) in [5.74, 6) is 0.878. The van der Waals surface area contributed by atoms with Crippen LogP contribution in [0.1, 0.15) is 10.4 Å². The number of thiophene rings is 1. The van der Waals surface area contributed by atoms with Gasteiger partial charge < -0.3 is 10.6 Å². The first-order chi connectivity index (χ1) is 14.0. The van der Waals surface area contributed by atoms with Crippen molar-refractivity contribution >= 4 is 39.7 Å². The van der Waals surface area contributed by atoms with Gasteiger partial charge in [0.05, 0.1) is 11.1 Å². The number of rotatable bonds is 6. The van der Waals surface area contributed by atoms with Crippen LogP contribution in [0.15, 0.2) is 66.0 Å². The van der Waals surface area contributed by atoms with E-state index in [0.29, 0.717) is 17.9 Å². The highest BCUT2D eigenvalue weighted by Gasteiger charge is 2.30. The third-order valence-corrected chi connectivity index (χ3v) is 5.23. The lowest BCUT2D eigenvalue weighted by molar-refractivity contribution is -0.137. The van der Waals surface area contributed by atoms with Crippen LogP contribution in [-0.2, 0) is 12.6 Å². The van der Waals surface area contributed by atoms with E-state index >= 15 is 0 Å². The number of benzene rings is 2. The SMILES string of the molecule is FC(F)(F)c1cccc(Nc2nc(NCCc3cccs3)c3ccccc3n2)c1. The van der Waals surface area contributed by atoms with Gasteiger partial charge in [0.1, 0.15) is 5.82 Å². The van der Waals surface area contributed by atoms with Crippen LogP contribution in [0.2, 0.25) is 0 Å². The Bertz CT molecular complexity index is 1110. The molecule has 2 aromatic heterocycles. The third kappa shape index (κ3) is 4.65. The maximum absolute atomic E-state index is 13.0. The Balaban J connectivity index is 1.60. The van der Waals surface area contributed by atoms with Crippen LogP contribution in [0.25, 0.3) is 10.9 Å². The first-order valence-corrected chi connectivity index (χ1v) is 9.84. The molecule has 4 nitrogen and oxygen atoms in total. The Hall–Kier alpha value is -3.13. The van der Waals surface area contributed by atoms with Gasteiger partial charge in [0.25, 0.3) is 0 Å². The van der Waals surface area contributed by atoms with Gasteiger partial charge in [0, 0.05) is 22.5 Å². The minimum Gasteiger partial charge on any atom is -0.369 e. The monoisotopic (exact) mass is 414 g/mol. The predicted octanol–water partition coefficient (Wildman–Crippen LogP) is 6.11. The highest BCUT2D eigenvalue weighted by Crippen LogP contribution is 2.31. The van der Waals surface area contributed by atoms with Crippen LogP contribution < -0.4 is 10.6 Å². The number of nitrogens with zero attached hydrogens (tertiary/aromatic N) is 2. The quantitative estimate of drug-likeness (QED) is 0.400. The molecule has 0 saturated heterocycles. The lowest BCUT2D eigenvalue weighted by atomic mass is 10.2. The van der Waals surface area contributed by atoms with Crippen LogP contribution in [0.3, 0.4) is 0 Å². The molecule has 2 aromatic carbocycles. The van der Waals surface area contributed by atoms with Crippen molar-refractivity contribution in [2.45, 2.75) is 12.6 Å². The van der Waals surface area contributed by atoms with Crippen LogP contribution in [0, 0.1) is 0 Å². The molecule has 0 unspecified atom stereocenters. The van der Waals surface area contributed by atoms with Crippen molar-refractivity contribution in [3.63, 3.8) is 0 Å². The van der Waals surface area contributed by atoms with E-state index in [1.807, 2.05) is 35.7 Å². The van der Waals surface area contributed by atoms with Crippen LogP contribution in [-0.4, -0.2) is 16.5 Å². The molecular formula is C21H17F3N4S. The summed E-state index contributed by atoms with van der Waals surface area (Å²) in [6.07, 6.45) is -3.55. The van der Waals surface area contributed by atoms with Gasteiger partial charge in [-0.1, -0.05) is 24.3 Å². The van der Waals surface area contributed by atoms with E-state index < -0.39 is 11.7 Å². The molecule has 8 heteroatoms. The molecule has 2 N–H and O–H groups in total. The molecule has 0 amide bonds. The van der Waals surface area contributed by atoms with Crippen molar-refractivity contribution in [2.24, 2.45) is 0 Å². The van der Waals surface area contributed by atoms with E-state index in [1.54, 1.807) is 17.4 Å². The average molecular weight is 414 g/mol. The normalized spacial score (nSPS) is 11.6. The van der Waals surface area contributed by atoms with Crippen LogP contribution in [0.5, 0.6) is 0 Å². The highest BCUT2D eigenvalue weighted by molar-refractivity contribution is 7.09. The molecule has 29 heavy (non-hydrogen) atoms. The second-order valence-corrected chi connectivity index (χ2v) is 7.40. The van der Waals surface area contributed by atoms with Crippen LogP contribution in [0.4, 0.5) is 30.6 Å². The van der Waals surface area contributed by atoms with E-state index in [4.69, 9.17) is 0 Å². The van der Waals surface area contributed by atoms with Crippen molar-refractivity contribution in [2.75, 3.05) is 17.2 Å². The number of aromatic nitrogens is 2. The molecule has 0 fully saturated rings. The second kappa shape index (κ2) is 8.08. The van der Waals surface area contributed by atoms with Gasteiger partial charge in [0.15, 0.2) is 0 Å². The summed E-state index contributed by atoms with van der Waals surface area (Å²) in [6, 6.07) is 16.6. The standard InChI is InChI=1S/C21H17F3N4S/c22-21(23,24)14-5-3-6-15(13-14)26-20-27-18-9-2-1-8-17(18)19(28-20)25-11-10-16-7-4-12-29-16/h1-9,12-13H,10-11H2,(H2,25,26,27,28). The van der Waals surface area contributed by atoms with E-state index in [1.165, 1.54) is 10.9 Å². The van der Waals surface area contributed by atoms with E-state index in [0.717, 1.165) is 23.9 Å². The first-order valence-electron chi connectivity index (χ1n) is 8.96. The van der Waals surface area contributed by atoms with Crippen molar-refractivity contribution in [1.82, 2.24) is 9.97 Å². The molecule has 0 aliphatic carbocycles. The van der Waals surface area contributed by atoms with Crippen molar-refractivity contribution in [3.05, 3.63) is 76.5 Å². The summed E-state index contributed by atoms with van der Waals surface area (Å²) < 4.78 is 38.9. The fourth-order valence-corrected chi connectivity index (χ4v) is 3.64. The fourth-order valence-electron chi connectivity index (χ4n) is 2.93. The smallest absolute Gasteiger partial charge is 0.369 e. The summed E-state index contributed by atoms with van der Waals surface area (Å²) in [7, 11) is 0. The Morgan fingerprint density at radius 1 is 0.931 bits per heavy atom. The Labute approximate surface area is 169 Å². The maximum atomic E-state index is 13.0. The van der Waals surface area contributed by atoms with Gasteiger partial charge in [-0.15, -0.1) is 11.3 Å². The Kier molecular flexibility index (Phi) is 5.35. The largest absolute Gasteiger partial charge is 0.416 e. The predicted molar refractivity (Wildman–Crippen MR) is 111 cm³/mol. The molecule has 0 saturated carbocycles. The zero-order valence-electron chi connectivity index (χ0n) is 15.2. The van der Waals surface area contributed by atoms with E-state index in [9.17, 15) is 13.2 Å². The summed E-state index contributed by atoms with van der Waals surface area (Å²) >= 11 is 1.69. The van der Waals surface area contributed by atoms with Gasteiger partial charge in [-0.25, -0.2) is 4.98 Å². The molecule has 2 heterocycles. The molecular weight excluding hydrogens is 397 g/mol. The van der Waals surface area contributed by atoms with Gasteiger partial charge in [-0.05, 0) is 48.2 Å².